The van der Waals surface area contributed by atoms with E-state index >= 15 is 0 Å². The summed E-state index contributed by atoms with van der Waals surface area (Å²) in [6.45, 7) is -0.205. The molecule has 1 saturated heterocycles. The van der Waals surface area contributed by atoms with Gasteiger partial charge in [-0.3, -0.25) is 9.97 Å². The van der Waals surface area contributed by atoms with Crippen LogP contribution >= 0.6 is 19.5 Å². The van der Waals surface area contributed by atoms with E-state index in [0.717, 1.165) is 6.34 Å². The van der Waals surface area contributed by atoms with E-state index in [0.29, 0.717) is 6.42 Å². The molecular formula is C6H13N2O4PS. The third-order valence-electron chi connectivity index (χ3n) is 1.90. The normalized spacial score (nSPS) is 34.0. The van der Waals surface area contributed by atoms with Crippen molar-refractivity contribution in [2.24, 2.45) is 0 Å². The van der Waals surface area contributed by atoms with Crippen LogP contribution in [0.1, 0.15) is 6.42 Å². The summed E-state index contributed by atoms with van der Waals surface area (Å²) in [6, 6.07) is 0. The second-order valence-electron chi connectivity index (χ2n) is 2.81. The highest BCUT2D eigenvalue weighted by atomic mass is 32.7. The lowest BCUT2D eigenvalue weighted by molar-refractivity contribution is -0.0179. The quantitative estimate of drug-likeness (QED) is 0.235. The van der Waals surface area contributed by atoms with Crippen molar-refractivity contribution in [2.75, 3.05) is 6.61 Å². The van der Waals surface area contributed by atoms with E-state index in [1.807, 2.05) is 0 Å². The van der Waals surface area contributed by atoms with E-state index in [-0.39, 0.29) is 12.8 Å². The number of hydrogen-bond donors (Lipinski definition) is 4. The van der Waals surface area contributed by atoms with Crippen molar-refractivity contribution in [3.05, 3.63) is 0 Å². The number of hydrogen-bond acceptors (Lipinski definition) is 5. The minimum absolute atomic E-state index is 0.205. The van der Waals surface area contributed by atoms with Gasteiger partial charge in [-0.2, -0.15) is 0 Å². The Hall–Kier alpha value is -0.0700. The molecule has 1 aliphatic heterocycles. The van der Waals surface area contributed by atoms with Gasteiger partial charge in [0.05, 0.1) is 19.0 Å². The molecule has 0 aromatic rings. The molecule has 0 aromatic heterocycles. The first kappa shape index (κ1) is 12.0. The van der Waals surface area contributed by atoms with E-state index in [9.17, 15) is 4.57 Å². The number of aliphatic hydroxyl groups is 1. The topological polar surface area (TPSA) is 91.6 Å². The molecular weight excluding hydrogens is 227 g/mol. The van der Waals surface area contributed by atoms with E-state index in [2.05, 4.69) is 17.6 Å². The summed E-state index contributed by atoms with van der Waals surface area (Å²) in [5.41, 5.74) is 0. The summed E-state index contributed by atoms with van der Waals surface area (Å²) in [5, 5.41) is 18.4. The Morgan fingerprint density at radius 3 is 3.07 bits per heavy atom. The summed E-state index contributed by atoms with van der Waals surface area (Å²) in [6.07, 6.45) is 0.141. The molecule has 0 aliphatic carbocycles. The van der Waals surface area contributed by atoms with Crippen molar-refractivity contribution in [2.45, 2.75) is 24.9 Å². The molecule has 4 atom stereocenters. The predicted molar refractivity (Wildman–Crippen MR) is 55.1 cm³/mol. The average molecular weight is 240 g/mol. The van der Waals surface area contributed by atoms with Gasteiger partial charge in [0.25, 0.3) is 0 Å². The summed E-state index contributed by atoms with van der Waals surface area (Å²) in [7, 11) is -2.33. The molecule has 1 heterocycles. The molecule has 1 unspecified atom stereocenters. The van der Waals surface area contributed by atoms with Gasteiger partial charge in [0.15, 0.2) is 0 Å². The van der Waals surface area contributed by atoms with Crippen LogP contribution in [0.2, 0.25) is 0 Å². The highest BCUT2D eigenvalue weighted by Gasteiger charge is 2.35. The van der Waals surface area contributed by atoms with E-state index in [1.54, 1.807) is 0 Å². The number of aliphatic hydroxyl groups excluding tert-OH is 1. The molecule has 0 bridgehead atoms. The number of thiol groups is 1. The van der Waals surface area contributed by atoms with E-state index < -0.39 is 19.4 Å². The first-order valence-corrected chi connectivity index (χ1v) is 6.68. The minimum Gasteiger partial charge on any atom is -0.394 e. The van der Waals surface area contributed by atoms with Crippen molar-refractivity contribution < 1.29 is 18.9 Å². The summed E-state index contributed by atoms with van der Waals surface area (Å²) in [4.78, 5) is 0. The molecule has 3 N–H and O–H groups in total. The lowest BCUT2D eigenvalue weighted by Crippen LogP contribution is -2.28. The molecule has 8 heteroatoms. The molecule has 1 aliphatic rings. The fraction of sp³-hybridized carbons (Fsp3) is 0.833. The summed E-state index contributed by atoms with van der Waals surface area (Å²) >= 11 is 3.66. The zero-order valence-electron chi connectivity index (χ0n) is 7.34. The van der Waals surface area contributed by atoms with Crippen molar-refractivity contribution in [3.63, 3.8) is 0 Å². The monoisotopic (exact) mass is 240 g/mol. The van der Waals surface area contributed by atoms with Crippen LogP contribution in [0.3, 0.4) is 0 Å². The molecule has 0 aromatic carbocycles. The van der Waals surface area contributed by atoms with Crippen molar-refractivity contribution >= 4 is 25.8 Å². The van der Waals surface area contributed by atoms with Gasteiger partial charge in [-0.05, 0) is 0 Å². The first-order valence-electron chi connectivity index (χ1n) is 4.08. The zero-order chi connectivity index (χ0) is 10.6. The van der Waals surface area contributed by atoms with Gasteiger partial charge in [0.2, 0.25) is 7.23 Å². The fourth-order valence-electron chi connectivity index (χ4n) is 1.33. The van der Waals surface area contributed by atoms with Crippen molar-refractivity contribution in [1.29, 1.82) is 5.41 Å². The van der Waals surface area contributed by atoms with Gasteiger partial charge in [-0.1, -0.05) is 12.2 Å². The third-order valence-corrected chi connectivity index (χ3v) is 2.72. The Labute approximate surface area is 87.5 Å². The Morgan fingerprint density at radius 1 is 1.86 bits per heavy atom. The molecule has 0 radical (unpaired) electrons. The van der Waals surface area contributed by atoms with Crippen LogP contribution in [0.4, 0.5) is 0 Å². The van der Waals surface area contributed by atoms with E-state index in [4.69, 9.17) is 19.8 Å². The van der Waals surface area contributed by atoms with Crippen LogP contribution in [0.15, 0.2) is 0 Å². The zero-order valence-corrected chi connectivity index (χ0v) is 9.24. The summed E-state index contributed by atoms with van der Waals surface area (Å²) in [5.74, 6) is 0. The van der Waals surface area contributed by atoms with Gasteiger partial charge in [0, 0.05) is 6.42 Å². The van der Waals surface area contributed by atoms with Crippen LogP contribution in [0.5, 0.6) is 0 Å². The fourth-order valence-corrected chi connectivity index (χ4v) is 2.24. The number of nitrogens with one attached hydrogen (secondary N) is 2. The van der Waals surface area contributed by atoms with Crippen LogP contribution < -0.4 is 5.32 Å². The molecule has 0 amide bonds. The van der Waals surface area contributed by atoms with Gasteiger partial charge in [-0.15, -0.1) is 0 Å². The Balaban J connectivity index is 2.48. The molecule has 0 spiro atoms. The smallest absolute Gasteiger partial charge is 0.243 e. The van der Waals surface area contributed by atoms with Crippen molar-refractivity contribution in [1.82, 2.24) is 5.32 Å². The largest absolute Gasteiger partial charge is 0.394 e. The minimum atomic E-state index is -2.33. The lowest BCUT2D eigenvalue weighted by Gasteiger charge is -2.14. The molecule has 0 saturated carbocycles. The van der Waals surface area contributed by atoms with Gasteiger partial charge in [0.1, 0.15) is 12.3 Å². The Morgan fingerprint density at radius 2 is 2.57 bits per heavy atom. The molecule has 14 heavy (non-hydrogen) atoms. The van der Waals surface area contributed by atoms with E-state index in [1.165, 1.54) is 0 Å². The Bertz CT molecular complexity index is 230. The molecule has 1 fully saturated rings. The van der Waals surface area contributed by atoms with Crippen LogP contribution in [-0.4, -0.2) is 36.5 Å². The summed E-state index contributed by atoms with van der Waals surface area (Å²) < 4.78 is 21.0. The second-order valence-corrected chi connectivity index (χ2v) is 4.68. The molecule has 82 valence electrons. The maximum atomic E-state index is 10.8. The van der Waals surface area contributed by atoms with Crippen LogP contribution in [-0.2, 0) is 13.8 Å². The number of rotatable bonds is 5. The highest BCUT2D eigenvalue weighted by Crippen LogP contribution is 2.34. The predicted octanol–water partition coefficient (Wildman–Crippen LogP) is -0.00493. The Kier molecular flexibility index (Phi) is 4.91. The highest BCUT2D eigenvalue weighted by molar-refractivity contribution is 8.39. The van der Waals surface area contributed by atoms with Crippen LogP contribution in [0, 0.1) is 5.41 Å². The average Bonchev–Trinajstić information content (AvgIpc) is 2.47. The van der Waals surface area contributed by atoms with Crippen LogP contribution in [0.25, 0.3) is 0 Å². The van der Waals surface area contributed by atoms with Crippen molar-refractivity contribution in [3.8, 4) is 0 Å². The third kappa shape index (κ3) is 3.25. The second kappa shape index (κ2) is 5.72. The van der Waals surface area contributed by atoms with Gasteiger partial charge >= 0.3 is 0 Å². The lowest BCUT2D eigenvalue weighted by atomic mass is 10.2. The molecule has 1 rings (SSSR count). The standard InChI is InChI=1S/C6H13N2O4PS/c7-3-8-6-1-4(12-13(10)14)5(2-9)11-6/h3-6,9,13H,1-2H2,(H2,7,8)(H,10,14)/t4-,5+,6+/m0/s1. The number of ether oxygens (including phenoxy) is 1. The van der Waals surface area contributed by atoms with Gasteiger partial charge in [-0.25, -0.2) is 0 Å². The first-order chi connectivity index (χ1) is 6.67. The molecule has 6 nitrogen and oxygen atoms in total. The SMILES string of the molecule is N=CN[C@H]1C[C@H](O[PH](=O)S)[C@@H](CO)O1. The maximum absolute atomic E-state index is 10.8. The van der Waals surface area contributed by atoms with Gasteiger partial charge < -0.3 is 19.7 Å². The maximum Gasteiger partial charge on any atom is 0.243 e.